The predicted octanol–water partition coefficient (Wildman–Crippen LogP) is 0.681. The summed E-state index contributed by atoms with van der Waals surface area (Å²) in [5.74, 6) is -0.0754. The van der Waals surface area contributed by atoms with Gasteiger partial charge in [0.05, 0.1) is 4.92 Å². The molecule has 0 amide bonds. The molecule has 1 rings (SSSR count). The van der Waals surface area contributed by atoms with Gasteiger partial charge in [-0.25, -0.2) is 0 Å². The van der Waals surface area contributed by atoms with Gasteiger partial charge in [-0.3, -0.25) is 10.1 Å². The fraction of sp³-hybridized carbons (Fsp3) is 0.250. The van der Waals surface area contributed by atoms with Crippen LogP contribution >= 0.6 is 12.4 Å². The molecule has 0 spiro atoms. The highest BCUT2D eigenvalue weighted by molar-refractivity contribution is 5.85. The molecular weight excluding hydrogens is 222 g/mol. The van der Waals surface area contributed by atoms with Crippen LogP contribution in [0.4, 0.5) is 5.69 Å². The molecule has 0 radical (unpaired) electrons. The molecule has 1 aromatic carbocycles. The molecule has 0 saturated carbocycles. The normalized spacial score (nSPS) is 11.6. The Morgan fingerprint density at radius 1 is 1.53 bits per heavy atom. The van der Waals surface area contributed by atoms with Gasteiger partial charge in [-0.05, 0) is 6.07 Å². The Morgan fingerprint density at radius 2 is 2.13 bits per heavy atom. The van der Waals surface area contributed by atoms with Crippen molar-refractivity contribution in [2.45, 2.75) is 6.04 Å². The van der Waals surface area contributed by atoms with E-state index in [2.05, 4.69) is 0 Å². The van der Waals surface area contributed by atoms with Crippen LogP contribution in [0.1, 0.15) is 11.6 Å². The second-order valence-corrected chi connectivity index (χ2v) is 2.84. The van der Waals surface area contributed by atoms with Gasteiger partial charge in [0.2, 0.25) is 0 Å². The van der Waals surface area contributed by atoms with Crippen molar-refractivity contribution < 1.29 is 10.0 Å². The van der Waals surface area contributed by atoms with E-state index in [-0.39, 0.29) is 30.4 Å². The van der Waals surface area contributed by atoms with Crippen LogP contribution in [0.2, 0.25) is 0 Å². The lowest BCUT2D eigenvalue weighted by molar-refractivity contribution is -0.385. The number of non-ortho nitro benzene ring substituents is 1. The van der Waals surface area contributed by atoms with Crippen molar-refractivity contribution >= 4 is 18.1 Å². The molecule has 0 bridgehead atoms. The summed E-state index contributed by atoms with van der Waals surface area (Å²) in [5, 5.41) is 19.8. The van der Waals surface area contributed by atoms with Crippen LogP contribution in [0.5, 0.6) is 5.75 Å². The Bertz CT molecular complexity index is 359. The number of nitro groups is 1. The van der Waals surface area contributed by atoms with Crippen molar-refractivity contribution in [2.75, 3.05) is 6.54 Å². The lowest BCUT2D eigenvalue weighted by Crippen LogP contribution is -2.20. The van der Waals surface area contributed by atoms with Crippen molar-refractivity contribution in [3.05, 3.63) is 33.9 Å². The zero-order chi connectivity index (χ0) is 10.7. The van der Waals surface area contributed by atoms with Gasteiger partial charge in [-0.15, -0.1) is 12.4 Å². The van der Waals surface area contributed by atoms with Crippen molar-refractivity contribution in [3.63, 3.8) is 0 Å². The van der Waals surface area contributed by atoms with E-state index in [0.717, 1.165) is 0 Å². The monoisotopic (exact) mass is 233 g/mol. The van der Waals surface area contributed by atoms with Crippen molar-refractivity contribution in [1.82, 2.24) is 0 Å². The van der Waals surface area contributed by atoms with Crippen LogP contribution < -0.4 is 11.5 Å². The van der Waals surface area contributed by atoms with Crippen molar-refractivity contribution in [1.29, 1.82) is 0 Å². The average Bonchev–Trinajstić information content (AvgIpc) is 2.17. The first-order chi connectivity index (χ1) is 6.56. The molecule has 0 aliphatic carbocycles. The molecule has 0 aliphatic heterocycles. The summed E-state index contributed by atoms with van der Waals surface area (Å²) in [6, 6.07) is 3.09. The molecule has 5 N–H and O–H groups in total. The summed E-state index contributed by atoms with van der Waals surface area (Å²) in [4.78, 5) is 9.88. The molecule has 0 aromatic heterocycles. The number of aromatic hydroxyl groups is 1. The highest BCUT2D eigenvalue weighted by Gasteiger charge is 2.14. The largest absolute Gasteiger partial charge is 0.508 e. The van der Waals surface area contributed by atoms with Gasteiger partial charge in [0.1, 0.15) is 5.75 Å². The number of nitrogens with zero attached hydrogens (tertiary/aromatic N) is 1. The highest BCUT2D eigenvalue weighted by Crippen LogP contribution is 2.26. The smallest absolute Gasteiger partial charge is 0.270 e. The standard InChI is InChI=1S/C8H11N3O3.ClH/c9-4-7(10)6-3-5(11(13)14)1-2-8(6)12;/h1-3,7,12H,4,9-10H2;1H/t7-;/m1./s1. The molecule has 0 unspecified atom stereocenters. The average molecular weight is 234 g/mol. The van der Waals surface area contributed by atoms with E-state index in [1.807, 2.05) is 0 Å². The first kappa shape index (κ1) is 13.6. The van der Waals surface area contributed by atoms with Crippen LogP contribution in [0.3, 0.4) is 0 Å². The zero-order valence-electron chi connectivity index (χ0n) is 7.79. The number of phenolic OH excluding ortho intramolecular Hbond substituents is 1. The summed E-state index contributed by atoms with van der Waals surface area (Å²) in [5.41, 5.74) is 11.0. The molecule has 1 aromatic rings. The minimum Gasteiger partial charge on any atom is -0.508 e. The van der Waals surface area contributed by atoms with Gasteiger partial charge in [0.15, 0.2) is 0 Å². The SMILES string of the molecule is Cl.NC[C@@H](N)c1cc([N+](=O)[O-])ccc1O. The third-order valence-electron chi connectivity index (χ3n) is 1.88. The van der Waals surface area contributed by atoms with E-state index in [1.165, 1.54) is 18.2 Å². The summed E-state index contributed by atoms with van der Waals surface area (Å²) < 4.78 is 0. The van der Waals surface area contributed by atoms with Crippen molar-refractivity contribution in [2.24, 2.45) is 11.5 Å². The van der Waals surface area contributed by atoms with Crippen LogP contribution in [-0.2, 0) is 0 Å². The number of nitro benzene ring substituents is 1. The quantitative estimate of drug-likeness (QED) is 0.525. The van der Waals surface area contributed by atoms with E-state index < -0.39 is 11.0 Å². The van der Waals surface area contributed by atoms with Crippen LogP contribution in [-0.4, -0.2) is 16.6 Å². The Kier molecular flexibility index (Phi) is 4.99. The second-order valence-electron chi connectivity index (χ2n) is 2.84. The number of hydrogen-bond donors (Lipinski definition) is 3. The molecular formula is C8H12ClN3O3. The number of benzene rings is 1. The molecule has 0 heterocycles. The zero-order valence-corrected chi connectivity index (χ0v) is 8.61. The third kappa shape index (κ3) is 3.05. The Hall–Kier alpha value is -1.37. The Morgan fingerprint density at radius 3 is 2.60 bits per heavy atom. The summed E-state index contributed by atoms with van der Waals surface area (Å²) in [6.45, 7) is 0.120. The Labute approximate surface area is 92.4 Å². The number of phenols is 1. The maximum Gasteiger partial charge on any atom is 0.270 e. The summed E-state index contributed by atoms with van der Waals surface area (Å²) in [7, 11) is 0. The molecule has 1 atom stereocenters. The minimum absolute atomic E-state index is 0. The van der Waals surface area contributed by atoms with E-state index in [4.69, 9.17) is 11.5 Å². The molecule has 6 nitrogen and oxygen atoms in total. The Balaban J connectivity index is 0.00000196. The lowest BCUT2D eigenvalue weighted by Gasteiger charge is -2.10. The first-order valence-electron chi connectivity index (χ1n) is 3.99. The van der Waals surface area contributed by atoms with Gasteiger partial charge in [-0.2, -0.15) is 0 Å². The molecule has 84 valence electrons. The number of halogens is 1. The van der Waals surface area contributed by atoms with Crippen LogP contribution in [0.15, 0.2) is 18.2 Å². The topological polar surface area (TPSA) is 115 Å². The maximum atomic E-state index is 10.4. The van der Waals surface area contributed by atoms with Crippen LogP contribution in [0, 0.1) is 10.1 Å². The fourth-order valence-electron chi connectivity index (χ4n) is 1.08. The first-order valence-corrected chi connectivity index (χ1v) is 3.99. The fourth-order valence-corrected chi connectivity index (χ4v) is 1.08. The van der Waals surface area contributed by atoms with E-state index in [1.54, 1.807) is 0 Å². The van der Waals surface area contributed by atoms with Gasteiger partial charge >= 0.3 is 0 Å². The third-order valence-corrected chi connectivity index (χ3v) is 1.88. The van der Waals surface area contributed by atoms with E-state index in [9.17, 15) is 15.2 Å². The number of rotatable bonds is 3. The van der Waals surface area contributed by atoms with Gasteiger partial charge in [0.25, 0.3) is 5.69 Å². The molecule has 7 heteroatoms. The summed E-state index contributed by atoms with van der Waals surface area (Å²) >= 11 is 0. The number of hydrogen-bond acceptors (Lipinski definition) is 5. The molecule has 0 saturated heterocycles. The van der Waals surface area contributed by atoms with Gasteiger partial charge < -0.3 is 16.6 Å². The molecule has 0 aliphatic rings. The predicted molar refractivity (Wildman–Crippen MR) is 58.0 cm³/mol. The van der Waals surface area contributed by atoms with Gasteiger partial charge in [-0.1, -0.05) is 0 Å². The molecule has 15 heavy (non-hydrogen) atoms. The summed E-state index contributed by atoms with van der Waals surface area (Å²) in [6.07, 6.45) is 0. The highest BCUT2D eigenvalue weighted by atomic mass is 35.5. The molecule has 0 fully saturated rings. The van der Waals surface area contributed by atoms with E-state index >= 15 is 0 Å². The van der Waals surface area contributed by atoms with E-state index in [0.29, 0.717) is 5.56 Å². The second kappa shape index (κ2) is 5.50. The maximum absolute atomic E-state index is 10.4. The number of nitrogens with two attached hydrogens (primary N) is 2. The lowest BCUT2D eigenvalue weighted by atomic mass is 10.1. The van der Waals surface area contributed by atoms with Crippen LogP contribution in [0.25, 0.3) is 0 Å². The minimum atomic E-state index is -0.588. The van der Waals surface area contributed by atoms with Gasteiger partial charge in [0, 0.05) is 30.3 Å². The van der Waals surface area contributed by atoms with Crippen molar-refractivity contribution in [3.8, 4) is 5.75 Å².